The summed E-state index contributed by atoms with van der Waals surface area (Å²) < 4.78 is 6.00. The average Bonchev–Trinajstić information content (AvgIpc) is 3.33. The van der Waals surface area contributed by atoms with Crippen molar-refractivity contribution in [3.63, 3.8) is 0 Å². The van der Waals surface area contributed by atoms with E-state index in [1.165, 1.54) is 51.4 Å². The molecule has 0 aromatic heterocycles. The minimum Gasteiger partial charge on any atom is -0.462 e. The van der Waals surface area contributed by atoms with Gasteiger partial charge in [-0.1, -0.05) is 65.5 Å². The largest absolute Gasteiger partial charge is 0.462 e. The zero-order valence-electron chi connectivity index (χ0n) is 29.2. The second kappa shape index (κ2) is 18.1. The zero-order valence-corrected chi connectivity index (χ0v) is 30.8. The summed E-state index contributed by atoms with van der Waals surface area (Å²) in [6.07, 6.45) is 18.3. The van der Waals surface area contributed by atoms with Crippen LogP contribution in [0.25, 0.3) is 0 Å². The van der Waals surface area contributed by atoms with E-state index in [0.717, 1.165) is 67.6 Å². The fraction of sp³-hybridized carbons (Fsp3) is 0.892. The molecule has 4 aliphatic carbocycles. The molecule has 45 heavy (non-hydrogen) atoms. The lowest BCUT2D eigenvalue weighted by Crippen LogP contribution is -2.51. The maximum Gasteiger partial charge on any atom is 0.306 e. The fourth-order valence-electron chi connectivity index (χ4n) is 10.3. The number of hydrogen-bond acceptors (Lipinski definition) is 5. The number of fused-ring (bicyclic) bond motifs is 5. The standard InChI is InChI=1S/C37H65N3O3.2ClH/c1-26(2)9-6-10-27(3)31-13-14-32-30-12-11-28-25-29(17-19-36(28,4)33(30)18-20-37(31,32)5)43-35(42)16-15-34(41)40(23-7-21-38)24-8-22-39;;/h11,26-27,29-33H,6-10,12-25,38-39H2,1-5H3;2*1H/t27?,29-,30-,31+,32-,33-,36-,37+;;/m0../s1. The van der Waals surface area contributed by atoms with Crippen molar-refractivity contribution in [2.45, 2.75) is 137 Å². The number of carbonyl (C=O) groups excluding carboxylic acids is 2. The minimum atomic E-state index is -0.234. The van der Waals surface area contributed by atoms with Gasteiger partial charge in [-0.3, -0.25) is 9.59 Å². The van der Waals surface area contributed by atoms with E-state index in [-0.39, 0.29) is 61.1 Å². The Morgan fingerprint density at radius 3 is 2.24 bits per heavy atom. The van der Waals surface area contributed by atoms with Gasteiger partial charge in [0.15, 0.2) is 0 Å². The Labute approximate surface area is 287 Å². The third kappa shape index (κ3) is 9.42. The number of halogens is 2. The quantitative estimate of drug-likeness (QED) is 0.135. The number of esters is 1. The molecular weight excluding hydrogens is 605 g/mol. The SMILES string of the molecule is CC(C)CCCC(C)[C@H]1CC[C@H]2[C@@H]3CC=C4C[C@@H](OC(=O)CCC(=O)N(CCCN)CCCN)CC[C@]4(C)[C@H]3CC[C@]12C.Cl.Cl. The van der Waals surface area contributed by atoms with Gasteiger partial charge in [-0.05, 0) is 117 Å². The van der Waals surface area contributed by atoms with Crippen molar-refractivity contribution in [1.82, 2.24) is 4.90 Å². The Kier molecular flexibility index (Phi) is 16.2. The van der Waals surface area contributed by atoms with Gasteiger partial charge in [0, 0.05) is 25.9 Å². The van der Waals surface area contributed by atoms with Crippen LogP contribution >= 0.6 is 24.8 Å². The second-order valence-electron chi connectivity index (χ2n) is 15.8. The van der Waals surface area contributed by atoms with Crippen LogP contribution in [0.15, 0.2) is 11.6 Å². The number of ether oxygens (including phenoxy) is 1. The van der Waals surface area contributed by atoms with Crippen molar-refractivity contribution in [3.8, 4) is 0 Å². The molecule has 0 spiro atoms. The third-order valence-corrected chi connectivity index (χ3v) is 12.7. The van der Waals surface area contributed by atoms with E-state index in [0.29, 0.717) is 31.6 Å². The molecule has 6 nitrogen and oxygen atoms in total. The maximum atomic E-state index is 12.8. The summed E-state index contributed by atoms with van der Waals surface area (Å²) in [6, 6.07) is 0. The summed E-state index contributed by atoms with van der Waals surface area (Å²) >= 11 is 0. The molecule has 0 radical (unpaired) electrons. The molecule has 4 aliphatic rings. The molecule has 262 valence electrons. The summed E-state index contributed by atoms with van der Waals surface area (Å²) in [6.45, 7) is 14.8. The first-order chi connectivity index (χ1) is 20.5. The van der Waals surface area contributed by atoms with E-state index in [2.05, 4.69) is 40.7 Å². The highest BCUT2D eigenvalue weighted by atomic mass is 35.5. The van der Waals surface area contributed by atoms with Crippen molar-refractivity contribution in [2.75, 3.05) is 26.2 Å². The van der Waals surface area contributed by atoms with Crippen molar-refractivity contribution in [1.29, 1.82) is 0 Å². The van der Waals surface area contributed by atoms with Crippen LogP contribution in [0.1, 0.15) is 131 Å². The molecule has 0 aliphatic heterocycles. The van der Waals surface area contributed by atoms with E-state index in [1.807, 2.05) is 0 Å². The van der Waals surface area contributed by atoms with E-state index < -0.39 is 0 Å². The molecule has 8 heteroatoms. The molecule has 3 fully saturated rings. The van der Waals surface area contributed by atoms with Crippen molar-refractivity contribution < 1.29 is 14.3 Å². The van der Waals surface area contributed by atoms with Crippen LogP contribution in [-0.2, 0) is 14.3 Å². The minimum absolute atomic E-state index is 0. The lowest BCUT2D eigenvalue weighted by Gasteiger charge is -2.58. The van der Waals surface area contributed by atoms with Crippen LogP contribution in [0, 0.1) is 46.3 Å². The van der Waals surface area contributed by atoms with Gasteiger partial charge >= 0.3 is 5.97 Å². The van der Waals surface area contributed by atoms with Crippen LogP contribution in [0.5, 0.6) is 0 Å². The lowest BCUT2D eigenvalue weighted by molar-refractivity contribution is -0.153. The van der Waals surface area contributed by atoms with Crippen LogP contribution in [0.3, 0.4) is 0 Å². The molecule has 0 aromatic carbocycles. The predicted molar refractivity (Wildman–Crippen MR) is 191 cm³/mol. The second-order valence-corrected chi connectivity index (χ2v) is 15.8. The highest BCUT2D eigenvalue weighted by Crippen LogP contribution is 2.67. The molecule has 0 saturated heterocycles. The lowest BCUT2D eigenvalue weighted by atomic mass is 9.47. The molecule has 0 bridgehead atoms. The summed E-state index contributed by atoms with van der Waals surface area (Å²) in [5.41, 5.74) is 13.6. The first kappa shape index (κ1) is 40.4. The molecule has 0 aromatic rings. The maximum absolute atomic E-state index is 12.8. The highest BCUT2D eigenvalue weighted by molar-refractivity contribution is 5.85. The van der Waals surface area contributed by atoms with Gasteiger partial charge in [-0.2, -0.15) is 0 Å². The highest BCUT2D eigenvalue weighted by Gasteiger charge is 2.59. The Bertz CT molecular complexity index is 969. The van der Waals surface area contributed by atoms with E-state index in [9.17, 15) is 9.59 Å². The Morgan fingerprint density at radius 2 is 1.60 bits per heavy atom. The number of allylic oxidation sites excluding steroid dienone is 1. The Hall–Kier alpha value is -0.820. The number of hydrogen-bond donors (Lipinski definition) is 2. The zero-order chi connectivity index (χ0) is 31.2. The van der Waals surface area contributed by atoms with Crippen molar-refractivity contribution >= 4 is 36.7 Å². The molecule has 4 rings (SSSR count). The number of nitrogens with zero attached hydrogens (tertiary/aromatic N) is 1. The van der Waals surface area contributed by atoms with Crippen molar-refractivity contribution in [3.05, 3.63) is 11.6 Å². The third-order valence-electron chi connectivity index (χ3n) is 12.7. The summed E-state index contributed by atoms with van der Waals surface area (Å²) in [5.74, 6) is 4.75. The molecule has 0 heterocycles. The summed E-state index contributed by atoms with van der Waals surface area (Å²) in [7, 11) is 0. The van der Waals surface area contributed by atoms with Gasteiger partial charge < -0.3 is 21.1 Å². The first-order valence-corrected chi connectivity index (χ1v) is 18.1. The van der Waals surface area contributed by atoms with Gasteiger partial charge in [0.25, 0.3) is 0 Å². The van der Waals surface area contributed by atoms with Crippen LogP contribution in [0.2, 0.25) is 0 Å². The fourth-order valence-corrected chi connectivity index (χ4v) is 10.3. The van der Waals surface area contributed by atoms with E-state index in [1.54, 1.807) is 10.5 Å². The molecule has 8 atom stereocenters. The van der Waals surface area contributed by atoms with Gasteiger partial charge in [-0.15, -0.1) is 24.8 Å². The number of rotatable bonds is 15. The molecule has 1 amide bonds. The predicted octanol–water partition coefficient (Wildman–Crippen LogP) is 8.09. The van der Waals surface area contributed by atoms with E-state index in [4.69, 9.17) is 16.2 Å². The van der Waals surface area contributed by atoms with Crippen LogP contribution in [-0.4, -0.2) is 49.1 Å². The first-order valence-electron chi connectivity index (χ1n) is 18.1. The van der Waals surface area contributed by atoms with Gasteiger partial charge in [-0.25, -0.2) is 0 Å². The normalized spacial score (nSPS) is 32.6. The van der Waals surface area contributed by atoms with Gasteiger partial charge in [0.05, 0.1) is 6.42 Å². The molecule has 4 N–H and O–H groups in total. The smallest absolute Gasteiger partial charge is 0.306 e. The number of carbonyl (C=O) groups is 2. The molecule has 1 unspecified atom stereocenters. The molecule has 3 saturated carbocycles. The Balaban J connectivity index is 0.00000353. The van der Waals surface area contributed by atoms with Crippen LogP contribution in [0.4, 0.5) is 0 Å². The number of amides is 1. The monoisotopic (exact) mass is 671 g/mol. The van der Waals surface area contributed by atoms with Gasteiger partial charge in [0.2, 0.25) is 5.91 Å². The average molecular weight is 673 g/mol. The number of nitrogens with two attached hydrogens (primary N) is 2. The topological polar surface area (TPSA) is 98.7 Å². The Morgan fingerprint density at radius 1 is 0.911 bits per heavy atom. The van der Waals surface area contributed by atoms with Gasteiger partial charge in [0.1, 0.15) is 6.10 Å². The van der Waals surface area contributed by atoms with E-state index >= 15 is 0 Å². The summed E-state index contributed by atoms with van der Waals surface area (Å²) in [4.78, 5) is 27.4. The summed E-state index contributed by atoms with van der Waals surface area (Å²) in [5, 5.41) is 0. The molecular formula is C37H67Cl2N3O3. The van der Waals surface area contributed by atoms with Crippen LogP contribution < -0.4 is 11.5 Å². The van der Waals surface area contributed by atoms with Crippen molar-refractivity contribution in [2.24, 2.45) is 57.8 Å².